The highest BCUT2D eigenvalue weighted by Gasteiger charge is 2.31. The molecular formula is C46H54N6O3S. The van der Waals surface area contributed by atoms with Gasteiger partial charge in [0, 0.05) is 81.1 Å². The molecule has 292 valence electrons. The normalized spacial score (nSPS) is 19.0. The third-order valence-electron chi connectivity index (χ3n) is 12.3. The molecule has 3 aliphatic heterocycles. The van der Waals surface area contributed by atoms with Crippen molar-refractivity contribution in [3.63, 3.8) is 0 Å². The number of benzene rings is 2. The maximum Gasteiger partial charge on any atom is 0.265 e. The van der Waals surface area contributed by atoms with Crippen LogP contribution in [0.5, 0.6) is 11.5 Å². The first-order valence-electron chi connectivity index (χ1n) is 19.8. The number of allylic oxidation sites excluding steroid dienone is 5. The van der Waals surface area contributed by atoms with Gasteiger partial charge in [-0.3, -0.25) is 9.69 Å². The summed E-state index contributed by atoms with van der Waals surface area (Å²) < 4.78 is 12.0. The second kappa shape index (κ2) is 16.9. The maximum atomic E-state index is 13.5. The van der Waals surface area contributed by atoms with Gasteiger partial charge in [0.05, 0.1) is 25.8 Å². The Kier molecular flexibility index (Phi) is 11.8. The van der Waals surface area contributed by atoms with E-state index < -0.39 is 0 Å². The van der Waals surface area contributed by atoms with Gasteiger partial charge in [-0.1, -0.05) is 30.4 Å². The summed E-state index contributed by atoms with van der Waals surface area (Å²) >= 11 is 1.42. The molecule has 0 radical (unpaired) electrons. The van der Waals surface area contributed by atoms with Crippen molar-refractivity contribution >= 4 is 28.9 Å². The predicted octanol–water partition coefficient (Wildman–Crippen LogP) is 8.54. The molecule has 3 aromatic rings. The van der Waals surface area contributed by atoms with Crippen molar-refractivity contribution in [3.8, 4) is 17.6 Å². The van der Waals surface area contributed by atoms with Crippen molar-refractivity contribution in [2.45, 2.75) is 71.9 Å². The molecule has 10 heteroatoms. The molecule has 1 aromatic heterocycles. The summed E-state index contributed by atoms with van der Waals surface area (Å²) in [5, 5.41) is 12.4. The highest BCUT2D eigenvalue weighted by atomic mass is 32.1. The van der Waals surface area contributed by atoms with Crippen LogP contribution in [0.3, 0.4) is 0 Å². The number of hydrogen-bond donors (Lipinski definition) is 0. The van der Waals surface area contributed by atoms with Gasteiger partial charge in [0.1, 0.15) is 28.1 Å². The van der Waals surface area contributed by atoms with E-state index in [1.165, 1.54) is 64.1 Å². The number of carbonyl (C=O) groups excluding carboxylic acids is 1. The number of aromatic nitrogens is 1. The minimum Gasteiger partial charge on any atom is -0.496 e. The molecule has 56 heavy (non-hydrogen) atoms. The fourth-order valence-electron chi connectivity index (χ4n) is 8.52. The zero-order chi connectivity index (χ0) is 39.5. The lowest BCUT2D eigenvalue weighted by molar-refractivity contribution is -0.129. The number of likely N-dealkylation sites (N-methyl/N-ethyl adjacent to an activating group) is 1. The summed E-state index contributed by atoms with van der Waals surface area (Å²) in [5.74, 6) is 1.47. The van der Waals surface area contributed by atoms with E-state index in [0.29, 0.717) is 11.6 Å². The molecule has 1 saturated heterocycles. The molecule has 1 aliphatic carbocycles. The Labute approximate surface area is 336 Å². The van der Waals surface area contributed by atoms with Gasteiger partial charge in [0.25, 0.3) is 5.91 Å². The largest absolute Gasteiger partial charge is 0.496 e. The van der Waals surface area contributed by atoms with E-state index in [4.69, 9.17) is 9.47 Å². The number of carbonyl (C=O) groups is 1. The number of nitrogens with zero attached hydrogens (tertiary/aromatic N) is 6. The second-order valence-electron chi connectivity index (χ2n) is 15.4. The van der Waals surface area contributed by atoms with Gasteiger partial charge in [-0.05, 0) is 111 Å². The van der Waals surface area contributed by atoms with Crippen molar-refractivity contribution < 1.29 is 14.3 Å². The van der Waals surface area contributed by atoms with Crippen LogP contribution >= 0.6 is 11.3 Å². The lowest BCUT2D eigenvalue weighted by Crippen LogP contribution is -2.46. The minimum atomic E-state index is -0.226. The Hall–Kier alpha value is -5.11. The fraction of sp³-hybridized carbons (Fsp3) is 0.413. The molecule has 9 nitrogen and oxygen atoms in total. The first kappa shape index (κ1) is 39.1. The molecule has 2 fully saturated rings. The average molecular weight is 771 g/mol. The standard InChI is InChI=1S/C46H54N6O3S/c1-30-31(2)40(28-49(5)32(30)3)37-24-43(54-6)41(44(25-37)55-7)29-50-18-20-51(21-19-50)42(36-9-8-10-36)14-12-34-11-13-35-15-17-52(33(4)39(35)23-34)46(53)38(27-47)26-45-48-16-22-56-45/h11,13,16,22-26,28,33H,3,8-10,12,14-15,17-21,29H2,1-2,4-7H3/b38-26+. The number of thiazole rings is 1. The van der Waals surface area contributed by atoms with E-state index in [1.807, 2.05) is 17.3 Å². The maximum absolute atomic E-state index is 13.5. The van der Waals surface area contributed by atoms with Crippen LogP contribution in [0.15, 0.2) is 88.4 Å². The molecule has 0 bridgehead atoms. The fourth-order valence-corrected chi connectivity index (χ4v) is 9.09. The van der Waals surface area contributed by atoms with Gasteiger partial charge >= 0.3 is 0 Å². The van der Waals surface area contributed by atoms with Gasteiger partial charge in [0.2, 0.25) is 0 Å². The molecule has 1 unspecified atom stereocenters. The first-order valence-corrected chi connectivity index (χ1v) is 20.7. The van der Waals surface area contributed by atoms with Gasteiger partial charge in [-0.2, -0.15) is 5.26 Å². The number of piperazine rings is 1. The van der Waals surface area contributed by atoms with E-state index in [9.17, 15) is 10.1 Å². The van der Waals surface area contributed by atoms with Crippen molar-refractivity contribution in [2.75, 3.05) is 54.0 Å². The summed E-state index contributed by atoms with van der Waals surface area (Å²) in [6.07, 6.45) is 11.8. The van der Waals surface area contributed by atoms with Crippen LogP contribution in [0.1, 0.15) is 85.3 Å². The molecule has 1 atom stereocenters. The number of aryl methyl sites for hydroxylation is 1. The monoisotopic (exact) mass is 770 g/mol. The third-order valence-corrected chi connectivity index (χ3v) is 13.0. The Morgan fingerprint density at radius 1 is 1.04 bits per heavy atom. The van der Waals surface area contributed by atoms with Crippen LogP contribution in [0.2, 0.25) is 0 Å². The molecule has 0 spiro atoms. The Morgan fingerprint density at radius 3 is 2.39 bits per heavy atom. The minimum absolute atomic E-state index is 0.109. The van der Waals surface area contributed by atoms with Crippen LogP contribution in [-0.4, -0.2) is 84.5 Å². The average Bonchev–Trinajstić information content (AvgIpc) is 3.72. The molecule has 4 aliphatic rings. The van der Waals surface area contributed by atoms with Crippen molar-refractivity contribution in [1.82, 2.24) is 24.6 Å². The van der Waals surface area contributed by atoms with E-state index in [-0.39, 0.29) is 17.5 Å². The van der Waals surface area contributed by atoms with E-state index >= 15 is 0 Å². The van der Waals surface area contributed by atoms with Crippen molar-refractivity contribution in [1.29, 1.82) is 5.26 Å². The first-order chi connectivity index (χ1) is 27.1. The molecule has 7 rings (SSSR count). The van der Waals surface area contributed by atoms with Crippen molar-refractivity contribution in [3.05, 3.63) is 121 Å². The van der Waals surface area contributed by atoms with Gasteiger partial charge in [-0.25, -0.2) is 4.98 Å². The number of amides is 1. The summed E-state index contributed by atoms with van der Waals surface area (Å²) in [4.78, 5) is 26.9. The Morgan fingerprint density at radius 2 is 1.77 bits per heavy atom. The van der Waals surface area contributed by atoms with Gasteiger partial charge in [-0.15, -0.1) is 11.3 Å². The molecule has 0 N–H and O–H groups in total. The Balaban J connectivity index is 1.01. The van der Waals surface area contributed by atoms with Crippen LogP contribution in [0.25, 0.3) is 11.6 Å². The zero-order valence-electron chi connectivity index (χ0n) is 33.8. The van der Waals surface area contributed by atoms with Gasteiger partial charge in [0.15, 0.2) is 0 Å². The summed E-state index contributed by atoms with van der Waals surface area (Å²) in [6.45, 7) is 15.9. The van der Waals surface area contributed by atoms with E-state index in [1.54, 1.807) is 32.1 Å². The smallest absolute Gasteiger partial charge is 0.265 e. The van der Waals surface area contributed by atoms with Crippen LogP contribution in [0, 0.1) is 11.3 Å². The zero-order valence-corrected chi connectivity index (χ0v) is 34.6. The lowest BCUT2D eigenvalue weighted by atomic mass is 9.87. The van der Waals surface area contributed by atoms with E-state index in [0.717, 1.165) is 85.9 Å². The summed E-state index contributed by atoms with van der Waals surface area (Å²) in [6, 6.07) is 13.2. The predicted molar refractivity (Wildman–Crippen MR) is 225 cm³/mol. The van der Waals surface area contributed by atoms with Crippen LogP contribution in [-0.2, 0) is 24.2 Å². The highest BCUT2D eigenvalue weighted by Crippen LogP contribution is 2.40. The SMILES string of the molecule is C=C1C(C)=C(C)C(c2cc(OC)c(CN3CCN(C(CCc4ccc5c(c4)C(C)N(C(=O)/C(C#N)=C/c4nccs4)CC5)=C4CCC4)CC3)c(OC)c2)=CN1C. The number of rotatable bonds is 11. The molecule has 1 amide bonds. The highest BCUT2D eigenvalue weighted by molar-refractivity contribution is 7.10. The summed E-state index contributed by atoms with van der Waals surface area (Å²) in [7, 11) is 5.54. The second-order valence-corrected chi connectivity index (χ2v) is 16.3. The number of hydrogen-bond acceptors (Lipinski definition) is 9. The number of ether oxygens (including phenoxy) is 2. The number of methoxy groups -OCH3 is 2. The quantitative estimate of drug-likeness (QED) is 0.142. The molecule has 4 heterocycles. The van der Waals surface area contributed by atoms with Gasteiger partial charge < -0.3 is 24.2 Å². The lowest BCUT2D eigenvalue weighted by Gasteiger charge is -2.40. The van der Waals surface area contributed by atoms with Crippen LogP contribution in [0.4, 0.5) is 0 Å². The summed E-state index contributed by atoms with van der Waals surface area (Å²) in [5.41, 5.74) is 13.8. The van der Waals surface area contributed by atoms with Crippen LogP contribution < -0.4 is 9.47 Å². The number of nitriles is 1. The van der Waals surface area contributed by atoms with E-state index in [2.05, 4.69) is 89.6 Å². The molecule has 2 aromatic carbocycles. The Bertz CT molecular complexity index is 2130. The van der Waals surface area contributed by atoms with Crippen molar-refractivity contribution in [2.24, 2.45) is 0 Å². The number of fused-ring (bicyclic) bond motifs is 1. The molecular weight excluding hydrogens is 717 g/mol. The molecule has 1 saturated carbocycles. The third kappa shape index (κ3) is 7.93. The topological polar surface area (TPSA) is 85.2 Å².